The van der Waals surface area contributed by atoms with Crippen molar-refractivity contribution < 1.29 is 19.1 Å². The highest BCUT2D eigenvalue weighted by Crippen LogP contribution is 2.36. The van der Waals surface area contributed by atoms with Crippen molar-refractivity contribution >= 4 is 29.2 Å². The van der Waals surface area contributed by atoms with Crippen LogP contribution < -0.4 is 5.32 Å². The van der Waals surface area contributed by atoms with Crippen LogP contribution in [-0.2, 0) is 17.6 Å². The molecule has 0 saturated carbocycles. The van der Waals surface area contributed by atoms with E-state index in [2.05, 4.69) is 10.3 Å². The van der Waals surface area contributed by atoms with Crippen molar-refractivity contribution in [1.82, 2.24) is 4.98 Å². The SMILES string of the molecule is O=C1Nc2c(F)cccc2C1=Cc1[nH]c2c(c1C(=O)O)CCCC2. The molecule has 122 valence electrons. The first-order chi connectivity index (χ1) is 11.6. The number of hydrogen-bond acceptors (Lipinski definition) is 2. The number of para-hydroxylation sites is 1. The molecular weight excluding hydrogens is 311 g/mol. The lowest BCUT2D eigenvalue weighted by Gasteiger charge is -2.10. The molecule has 4 rings (SSSR count). The summed E-state index contributed by atoms with van der Waals surface area (Å²) in [7, 11) is 0. The standard InChI is InChI=1S/C18H15FN2O3/c19-12-6-3-5-9-11(17(22)21-16(9)12)8-14-15(18(23)24)10-4-1-2-7-13(10)20-14/h3,5-6,8,20H,1-2,4,7H2,(H,21,22)(H,23,24). The fraction of sp³-hybridized carbons (Fsp3) is 0.222. The molecule has 24 heavy (non-hydrogen) atoms. The Morgan fingerprint density at radius 2 is 2.04 bits per heavy atom. The Morgan fingerprint density at radius 1 is 1.25 bits per heavy atom. The second-order valence-corrected chi connectivity index (χ2v) is 6.06. The Hall–Kier alpha value is -2.89. The van der Waals surface area contributed by atoms with Gasteiger partial charge in [0.15, 0.2) is 0 Å². The minimum Gasteiger partial charge on any atom is -0.478 e. The van der Waals surface area contributed by atoms with E-state index in [9.17, 15) is 19.1 Å². The molecule has 2 heterocycles. The first kappa shape index (κ1) is 14.7. The number of halogens is 1. The molecule has 1 aromatic heterocycles. The normalized spacial score (nSPS) is 17.5. The fourth-order valence-corrected chi connectivity index (χ4v) is 3.53. The predicted octanol–water partition coefficient (Wildman–Crippen LogP) is 3.22. The van der Waals surface area contributed by atoms with Crippen LogP contribution in [0.5, 0.6) is 0 Å². The van der Waals surface area contributed by atoms with E-state index in [4.69, 9.17) is 0 Å². The number of carbonyl (C=O) groups is 2. The molecule has 0 unspecified atom stereocenters. The number of carbonyl (C=O) groups excluding carboxylic acids is 1. The fourth-order valence-electron chi connectivity index (χ4n) is 3.53. The van der Waals surface area contributed by atoms with Gasteiger partial charge in [0.2, 0.25) is 0 Å². The Bertz CT molecular complexity index is 911. The highest BCUT2D eigenvalue weighted by Gasteiger charge is 2.29. The highest BCUT2D eigenvalue weighted by molar-refractivity contribution is 6.35. The van der Waals surface area contributed by atoms with Gasteiger partial charge in [-0.05, 0) is 43.4 Å². The van der Waals surface area contributed by atoms with Gasteiger partial charge in [0.1, 0.15) is 5.82 Å². The average Bonchev–Trinajstić information content (AvgIpc) is 3.07. The Morgan fingerprint density at radius 3 is 2.83 bits per heavy atom. The van der Waals surface area contributed by atoms with Crippen LogP contribution in [0.1, 0.15) is 45.7 Å². The van der Waals surface area contributed by atoms with E-state index in [0.29, 0.717) is 17.7 Å². The molecule has 1 aliphatic carbocycles. The van der Waals surface area contributed by atoms with E-state index in [-0.39, 0.29) is 16.8 Å². The number of carboxylic acid groups (broad SMARTS) is 1. The molecule has 0 spiro atoms. The van der Waals surface area contributed by atoms with Crippen LogP contribution in [-0.4, -0.2) is 22.0 Å². The number of benzene rings is 1. The van der Waals surface area contributed by atoms with Crippen molar-refractivity contribution in [2.75, 3.05) is 5.32 Å². The summed E-state index contributed by atoms with van der Waals surface area (Å²) in [5, 5.41) is 12.1. The zero-order chi connectivity index (χ0) is 16.8. The average molecular weight is 326 g/mol. The summed E-state index contributed by atoms with van der Waals surface area (Å²) in [6, 6.07) is 4.45. The van der Waals surface area contributed by atoms with E-state index in [1.807, 2.05) is 0 Å². The van der Waals surface area contributed by atoms with Crippen molar-refractivity contribution in [2.45, 2.75) is 25.7 Å². The molecule has 1 aromatic carbocycles. The summed E-state index contributed by atoms with van der Waals surface area (Å²) < 4.78 is 13.8. The number of hydrogen-bond donors (Lipinski definition) is 3. The second-order valence-electron chi connectivity index (χ2n) is 6.06. The molecule has 5 nitrogen and oxygen atoms in total. The zero-order valence-corrected chi connectivity index (χ0v) is 12.8. The minimum absolute atomic E-state index is 0.141. The number of rotatable bonds is 2. The van der Waals surface area contributed by atoms with E-state index in [0.717, 1.165) is 30.5 Å². The lowest BCUT2D eigenvalue weighted by Crippen LogP contribution is -2.07. The van der Waals surface area contributed by atoms with Gasteiger partial charge < -0.3 is 15.4 Å². The number of amides is 1. The molecule has 0 saturated heterocycles. The predicted molar refractivity (Wildman–Crippen MR) is 87.3 cm³/mol. The summed E-state index contributed by atoms with van der Waals surface area (Å²) >= 11 is 0. The Kier molecular flexibility index (Phi) is 3.26. The van der Waals surface area contributed by atoms with Crippen molar-refractivity contribution in [3.8, 4) is 0 Å². The van der Waals surface area contributed by atoms with Crippen LogP contribution >= 0.6 is 0 Å². The topological polar surface area (TPSA) is 82.2 Å². The highest BCUT2D eigenvalue weighted by atomic mass is 19.1. The van der Waals surface area contributed by atoms with Crippen molar-refractivity contribution in [3.63, 3.8) is 0 Å². The number of aromatic carboxylic acids is 1. The van der Waals surface area contributed by atoms with Crippen LogP contribution in [0, 0.1) is 5.82 Å². The largest absolute Gasteiger partial charge is 0.478 e. The van der Waals surface area contributed by atoms with Gasteiger partial charge in [0, 0.05) is 11.3 Å². The monoisotopic (exact) mass is 326 g/mol. The number of aryl methyl sites for hydroxylation is 1. The Labute approximate surface area is 137 Å². The van der Waals surface area contributed by atoms with Gasteiger partial charge in [-0.3, -0.25) is 4.79 Å². The molecule has 0 radical (unpaired) electrons. The summed E-state index contributed by atoms with van der Waals surface area (Å²) in [5.41, 5.74) is 3.21. The number of aromatic amines is 1. The molecule has 1 amide bonds. The second kappa shape index (κ2) is 5.33. The van der Waals surface area contributed by atoms with Gasteiger partial charge in [-0.25, -0.2) is 9.18 Å². The third-order valence-corrected chi connectivity index (χ3v) is 4.61. The lowest BCUT2D eigenvalue weighted by molar-refractivity contribution is -0.110. The van der Waals surface area contributed by atoms with E-state index >= 15 is 0 Å². The number of carboxylic acids is 1. The third-order valence-electron chi connectivity index (χ3n) is 4.61. The molecule has 0 fully saturated rings. The third kappa shape index (κ3) is 2.14. The first-order valence-electron chi connectivity index (χ1n) is 7.85. The number of anilines is 1. The summed E-state index contributed by atoms with van der Waals surface area (Å²) in [4.78, 5) is 27.1. The summed E-state index contributed by atoms with van der Waals surface area (Å²) in [5.74, 6) is -1.95. The number of aromatic nitrogens is 1. The molecule has 3 N–H and O–H groups in total. The maximum Gasteiger partial charge on any atom is 0.338 e. The van der Waals surface area contributed by atoms with Crippen LogP contribution in [0.25, 0.3) is 11.6 Å². The van der Waals surface area contributed by atoms with Gasteiger partial charge in [-0.1, -0.05) is 12.1 Å². The van der Waals surface area contributed by atoms with Crippen molar-refractivity contribution in [1.29, 1.82) is 0 Å². The molecule has 1 aliphatic heterocycles. The van der Waals surface area contributed by atoms with Crippen molar-refractivity contribution in [3.05, 3.63) is 52.1 Å². The summed E-state index contributed by atoms with van der Waals surface area (Å²) in [6.07, 6.45) is 5.00. The minimum atomic E-state index is -1.01. The molecule has 2 aliphatic rings. The van der Waals surface area contributed by atoms with Gasteiger partial charge >= 0.3 is 5.97 Å². The van der Waals surface area contributed by atoms with Gasteiger partial charge in [-0.15, -0.1) is 0 Å². The molecule has 0 bridgehead atoms. The van der Waals surface area contributed by atoms with Gasteiger partial charge in [-0.2, -0.15) is 0 Å². The number of nitrogens with one attached hydrogen (secondary N) is 2. The quantitative estimate of drug-likeness (QED) is 0.741. The van der Waals surface area contributed by atoms with E-state index < -0.39 is 17.7 Å². The van der Waals surface area contributed by atoms with E-state index in [1.165, 1.54) is 18.2 Å². The van der Waals surface area contributed by atoms with Gasteiger partial charge in [0.05, 0.1) is 22.5 Å². The molecule has 6 heteroatoms. The molecule has 2 aromatic rings. The van der Waals surface area contributed by atoms with Crippen LogP contribution in [0.15, 0.2) is 18.2 Å². The summed E-state index contributed by atoms with van der Waals surface area (Å²) in [6.45, 7) is 0. The molecule has 0 atom stereocenters. The van der Waals surface area contributed by atoms with Crippen LogP contribution in [0.3, 0.4) is 0 Å². The lowest BCUT2D eigenvalue weighted by atomic mass is 9.94. The van der Waals surface area contributed by atoms with Gasteiger partial charge in [0.25, 0.3) is 5.91 Å². The Balaban J connectivity index is 1.88. The van der Waals surface area contributed by atoms with Crippen LogP contribution in [0.4, 0.5) is 10.1 Å². The number of fused-ring (bicyclic) bond motifs is 2. The van der Waals surface area contributed by atoms with E-state index in [1.54, 1.807) is 6.07 Å². The van der Waals surface area contributed by atoms with Crippen molar-refractivity contribution in [2.24, 2.45) is 0 Å². The zero-order valence-electron chi connectivity index (χ0n) is 12.8. The van der Waals surface area contributed by atoms with Crippen LogP contribution in [0.2, 0.25) is 0 Å². The molecular formula is C18H15FN2O3. The number of H-pyrrole nitrogens is 1. The maximum atomic E-state index is 13.8. The first-order valence-corrected chi connectivity index (χ1v) is 7.85. The maximum absolute atomic E-state index is 13.8. The smallest absolute Gasteiger partial charge is 0.338 e.